The number of hydrogen-bond donors (Lipinski definition) is 1. The molecule has 2 rings (SSSR count). The smallest absolute Gasteiger partial charge is 0.335 e. The number of sulfonamides is 1. The van der Waals surface area contributed by atoms with Crippen molar-refractivity contribution in [2.75, 3.05) is 7.05 Å². The molecule has 2 aromatic rings. The van der Waals surface area contributed by atoms with Crippen molar-refractivity contribution in [3.63, 3.8) is 0 Å². The molecule has 6 nitrogen and oxygen atoms in total. The van der Waals surface area contributed by atoms with Crippen LogP contribution in [0.3, 0.4) is 0 Å². The molecule has 0 bridgehead atoms. The first-order valence-electron chi connectivity index (χ1n) is 5.73. The van der Waals surface area contributed by atoms with Crippen molar-refractivity contribution >= 4 is 16.0 Å². The van der Waals surface area contributed by atoms with Crippen molar-refractivity contribution in [2.45, 2.75) is 11.4 Å². The zero-order chi connectivity index (χ0) is 14.8. The average molecular weight is 295 g/mol. The second-order valence-electron chi connectivity index (χ2n) is 4.17. The highest BCUT2D eigenvalue weighted by Crippen LogP contribution is 2.17. The molecule has 1 aromatic heterocycles. The molecule has 1 N–H and O–H groups in total. The first-order chi connectivity index (χ1) is 9.41. The topological polar surface area (TPSA) is 87.8 Å². The molecule has 0 spiro atoms. The third kappa shape index (κ3) is 2.89. The van der Waals surface area contributed by atoms with Crippen LogP contribution in [0.5, 0.6) is 0 Å². The van der Waals surface area contributed by atoms with Crippen LogP contribution >= 0.6 is 0 Å². The Hall–Kier alpha value is -2.12. The van der Waals surface area contributed by atoms with Gasteiger partial charge in [-0.15, -0.1) is 0 Å². The lowest BCUT2D eigenvalue weighted by atomic mass is 10.2. The highest BCUT2D eigenvalue weighted by molar-refractivity contribution is 7.89. The second-order valence-corrected chi connectivity index (χ2v) is 6.21. The minimum Gasteiger partial charge on any atom is -0.478 e. The summed E-state index contributed by atoms with van der Waals surface area (Å²) in [5, 5.41) is 8.79. The minimum atomic E-state index is -3.68. The number of carboxylic acid groups (broad SMARTS) is 1. The Bertz CT molecular complexity index is 689. The van der Waals surface area contributed by atoms with E-state index in [9.17, 15) is 13.2 Å². The summed E-state index contributed by atoms with van der Waals surface area (Å²) in [5.74, 6) is -0.573. The van der Waals surface area contributed by atoms with Gasteiger partial charge in [0.15, 0.2) is 0 Å². The number of carbonyl (C=O) groups is 1. The fraction of sp³-hybridized carbons (Fsp3) is 0.154. The van der Waals surface area contributed by atoms with E-state index in [1.165, 1.54) is 37.6 Å². The number of nitrogens with zero attached hydrogens (tertiary/aromatic N) is 1. The molecule has 0 aliphatic rings. The highest BCUT2D eigenvalue weighted by Gasteiger charge is 2.21. The first kappa shape index (κ1) is 14.3. The van der Waals surface area contributed by atoms with Gasteiger partial charge in [0.25, 0.3) is 0 Å². The molecule has 1 heterocycles. The summed E-state index contributed by atoms with van der Waals surface area (Å²) in [7, 11) is -2.24. The first-order valence-corrected chi connectivity index (χ1v) is 7.17. The molecule has 20 heavy (non-hydrogen) atoms. The quantitative estimate of drug-likeness (QED) is 0.908. The van der Waals surface area contributed by atoms with Gasteiger partial charge in [-0.05, 0) is 36.4 Å². The Kier molecular flexibility index (Phi) is 3.91. The molecule has 1 aromatic carbocycles. The van der Waals surface area contributed by atoms with E-state index in [1.54, 1.807) is 12.1 Å². The lowest BCUT2D eigenvalue weighted by molar-refractivity contribution is 0.0696. The third-order valence-electron chi connectivity index (χ3n) is 2.77. The molecule has 0 aliphatic heterocycles. The molecule has 106 valence electrons. The van der Waals surface area contributed by atoms with E-state index in [4.69, 9.17) is 9.52 Å². The predicted octanol–water partition coefficient (Wildman–Crippen LogP) is 1.80. The van der Waals surface area contributed by atoms with Crippen LogP contribution in [0.25, 0.3) is 0 Å². The van der Waals surface area contributed by atoms with Crippen molar-refractivity contribution in [1.29, 1.82) is 0 Å². The van der Waals surface area contributed by atoms with E-state index in [0.29, 0.717) is 5.76 Å². The fourth-order valence-electron chi connectivity index (χ4n) is 1.66. The molecule has 0 fully saturated rings. The highest BCUT2D eigenvalue weighted by atomic mass is 32.2. The van der Waals surface area contributed by atoms with Crippen LogP contribution in [0.15, 0.2) is 52.0 Å². The van der Waals surface area contributed by atoms with Gasteiger partial charge in [0.05, 0.1) is 23.3 Å². The molecule has 7 heteroatoms. The Morgan fingerprint density at radius 3 is 2.40 bits per heavy atom. The van der Waals surface area contributed by atoms with E-state index < -0.39 is 16.0 Å². The number of carboxylic acids is 1. The summed E-state index contributed by atoms with van der Waals surface area (Å²) in [6.45, 7) is 0.107. The number of benzene rings is 1. The lowest BCUT2D eigenvalue weighted by Crippen LogP contribution is -2.26. The van der Waals surface area contributed by atoms with Crippen molar-refractivity contribution < 1.29 is 22.7 Å². The monoisotopic (exact) mass is 295 g/mol. The maximum atomic E-state index is 12.3. The fourth-order valence-corrected chi connectivity index (χ4v) is 2.79. The standard InChI is InChI=1S/C13H13NO5S/c1-14(9-11-3-2-8-19-11)20(17,18)12-6-4-10(5-7-12)13(15)16/h2-8H,9H2,1H3,(H,15,16). The minimum absolute atomic E-state index is 0.0385. The molecule has 0 radical (unpaired) electrons. The van der Waals surface area contributed by atoms with Crippen molar-refractivity contribution in [1.82, 2.24) is 4.31 Å². The predicted molar refractivity (Wildman–Crippen MR) is 70.8 cm³/mol. The van der Waals surface area contributed by atoms with Gasteiger partial charge in [0.1, 0.15) is 5.76 Å². The number of furan rings is 1. The summed E-state index contributed by atoms with van der Waals surface area (Å²) in [5.41, 5.74) is 0.0395. The summed E-state index contributed by atoms with van der Waals surface area (Å²) in [4.78, 5) is 10.8. The van der Waals surface area contributed by atoms with Crippen molar-refractivity contribution in [3.05, 3.63) is 54.0 Å². The zero-order valence-corrected chi connectivity index (χ0v) is 11.5. The summed E-state index contributed by atoms with van der Waals surface area (Å²) < 4.78 is 30.8. The maximum absolute atomic E-state index is 12.3. The van der Waals surface area contributed by atoms with Gasteiger partial charge in [-0.1, -0.05) is 0 Å². The van der Waals surface area contributed by atoms with Gasteiger partial charge < -0.3 is 9.52 Å². The number of aromatic carboxylic acids is 1. The third-order valence-corrected chi connectivity index (χ3v) is 4.59. The van der Waals surface area contributed by atoms with Crippen LogP contribution in [0.1, 0.15) is 16.1 Å². The molecule has 0 unspecified atom stereocenters. The number of rotatable bonds is 5. The molecular formula is C13H13NO5S. The van der Waals surface area contributed by atoms with Gasteiger partial charge in [0.2, 0.25) is 10.0 Å². The van der Waals surface area contributed by atoms with Gasteiger partial charge >= 0.3 is 5.97 Å². The van der Waals surface area contributed by atoms with E-state index in [2.05, 4.69) is 0 Å². The van der Waals surface area contributed by atoms with Gasteiger partial charge in [0, 0.05) is 7.05 Å². The average Bonchev–Trinajstić information content (AvgIpc) is 2.91. The summed E-state index contributed by atoms with van der Waals surface area (Å²) >= 11 is 0. The van der Waals surface area contributed by atoms with E-state index in [1.807, 2.05) is 0 Å². The maximum Gasteiger partial charge on any atom is 0.335 e. The normalized spacial score (nSPS) is 11.7. The van der Waals surface area contributed by atoms with Crippen LogP contribution in [-0.2, 0) is 16.6 Å². The second kappa shape index (κ2) is 5.48. The summed E-state index contributed by atoms with van der Waals surface area (Å²) in [6.07, 6.45) is 1.47. The number of hydrogen-bond acceptors (Lipinski definition) is 4. The molecular weight excluding hydrogens is 282 g/mol. The van der Waals surface area contributed by atoms with Crippen LogP contribution in [0.2, 0.25) is 0 Å². The molecule has 0 aliphatic carbocycles. The van der Waals surface area contributed by atoms with Crippen LogP contribution in [-0.4, -0.2) is 30.8 Å². The Morgan fingerprint density at radius 2 is 1.90 bits per heavy atom. The van der Waals surface area contributed by atoms with Crippen LogP contribution in [0.4, 0.5) is 0 Å². The van der Waals surface area contributed by atoms with E-state index >= 15 is 0 Å². The van der Waals surface area contributed by atoms with E-state index in [0.717, 1.165) is 4.31 Å². The Labute approximate surface area is 116 Å². The molecule has 0 amide bonds. The van der Waals surface area contributed by atoms with Crippen molar-refractivity contribution in [3.8, 4) is 0 Å². The van der Waals surface area contributed by atoms with Crippen LogP contribution in [0, 0.1) is 0 Å². The Balaban J connectivity index is 2.23. The largest absolute Gasteiger partial charge is 0.478 e. The van der Waals surface area contributed by atoms with Crippen molar-refractivity contribution in [2.24, 2.45) is 0 Å². The zero-order valence-electron chi connectivity index (χ0n) is 10.7. The Morgan fingerprint density at radius 1 is 1.25 bits per heavy atom. The molecule has 0 saturated carbocycles. The molecule has 0 saturated heterocycles. The lowest BCUT2D eigenvalue weighted by Gasteiger charge is -2.15. The van der Waals surface area contributed by atoms with Crippen LogP contribution < -0.4 is 0 Å². The van der Waals surface area contributed by atoms with Gasteiger partial charge in [-0.2, -0.15) is 4.31 Å². The summed E-state index contributed by atoms with van der Waals surface area (Å²) in [6, 6.07) is 8.43. The SMILES string of the molecule is CN(Cc1ccco1)S(=O)(=O)c1ccc(C(=O)O)cc1. The van der Waals surface area contributed by atoms with E-state index in [-0.39, 0.29) is 17.0 Å². The van der Waals surface area contributed by atoms with Gasteiger partial charge in [-0.3, -0.25) is 0 Å². The van der Waals surface area contributed by atoms with Gasteiger partial charge in [-0.25, -0.2) is 13.2 Å². The molecule has 0 atom stereocenters.